The van der Waals surface area contributed by atoms with Crippen molar-refractivity contribution >= 4 is 74.0 Å². The zero-order valence-corrected chi connectivity index (χ0v) is 18.8. The molecule has 3 aromatic rings. The predicted octanol–water partition coefficient (Wildman–Crippen LogP) is 5.92. The molecule has 1 aromatic heterocycles. The molecular formula is C18H11BrClIN2O3S. The zero-order chi connectivity index (χ0) is 19.4. The largest absolute Gasteiger partial charge is 0.507 e. The van der Waals surface area contributed by atoms with E-state index in [0.29, 0.717) is 25.0 Å². The van der Waals surface area contributed by atoms with E-state index in [1.54, 1.807) is 30.3 Å². The summed E-state index contributed by atoms with van der Waals surface area (Å²) in [4.78, 5) is 13.0. The lowest BCUT2D eigenvalue weighted by atomic mass is 10.2. The number of aromatic hydroxyl groups is 1. The van der Waals surface area contributed by atoms with Crippen LogP contribution in [0.25, 0.3) is 0 Å². The first kappa shape index (κ1) is 20.2. The van der Waals surface area contributed by atoms with Crippen molar-refractivity contribution in [1.29, 1.82) is 0 Å². The SMILES string of the molecule is O=C(N/N=C/c1cc(Br)c(Sc2ccc(Cl)cc2)o1)c1ccc(I)c(O)c1. The molecule has 0 aliphatic carbocycles. The van der Waals surface area contributed by atoms with E-state index in [-0.39, 0.29) is 5.75 Å². The smallest absolute Gasteiger partial charge is 0.271 e. The van der Waals surface area contributed by atoms with Crippen molar-refractivity contribution < 1.29 is 14.3 Å². The summed E-state index contributed by atoms with van der Waals surface area (Å²) in [7, 11) is 0. The number of rotatable bonds is 5. The molecule has 138 valence electrons. The number of amides is 1. The van der Waals surface area contributed by atoms with Crippen LogP contribution in [0.3, 0.4) is 0 Å². The third-order valence-electron chi connectivity index (χ3n) is 3.26. The molecule has 9 heteroatoms. The molecule has 0 saturated heterocycles. The highest BCUT2D eigenvalue weighted by molar-refractivity contribution is 14.1. The Bertz CT molecular complexity index is 1010. The average Bonchev–Trinajstić information content (AvgIpc) is 2.98. The lowest BCUT2D eigenvalue weighted by Crippen LogP contribution is -2.17. The minimum absolute atomic E-state index is 0.0473. The molecule has 3 rings (SSSR count). The first-order valence-electron chi connectivity index (χ1n) is 7.47. The lowest BCUT2D eigenvalue weighted by Gasteiger charge is -2.01. The molecule has 2 N–H and O–H groups in total. The molecule has 1 amide bonds. The minimum Gasteiger partial charge on any atom is -0.507 e. The van der Waals surface area contributed by atoms with Crippen LogP contribution in [0.1, 0.15) is 16.1 Å². The normalized spacial score (nSPS) is 11.1. The van der Waals surface area contributed by atoms with Crippen molar-refractivity contribution in [2.75, 3.05) is 0 Å². The van der Waals surface area contributed by atoms with Gasteiger partial charge in [0.1, 0.15) is 11.5 Å². The number of carbonyl (C=O) groups excluding carboxylic acids is 1. The number of nitrogens with zero attached hydrogens (tertiary/aromatic N) is 1. The number of phenols is 1. The van der Waals surface area contributed by atoms with Gasteiger partial charge in [-0.1, -0.05) is 23.4 Å². The van der Waals surface area contributed by atoms with E-state index < -0.39 is 5.91 Å². The predicted molar refractivity (Wildman–Crippen MR) is 118 cm³/mol. The van der Waals surface area contributed by atoms with Gasteiger partial charge in [-0.2, -0.15) is 5.10 Å². The van der Waals surface area contributed by atoms with Crippen LogP contribution in [0.2, 0.25) is 5.02 Å². The summed E-state index contributed by atoms with van der Waals surface area (Å²) >= 11 is 12.7. The van der Waals surface area contributed by atoms with Gasteiger partial charge in [0.15, 0.2) is 5.09 Å². The Kier molecular flexibility index (Phi) is 6.85. The van der Waals surface area contributed by atoms with Crippen LogP contribution in [0.5, 0.6) is 5.75 Å². The molecule has 0 fully saturated rings. The molecule has 0 aliphatic rings. The highest BCUT2D eigenvalue weighted by Gasteiger charge is 2.11. The molecule has 0 radical (unpaired) electrons. The topological polar surface area (TPSA) is 74.8 Å². The number of hydrogen-bond acceptors (Lipinski definition) is 5. The molecule has 0 saturated carbocycles. The maximum Gasteiger partial charge on any atom is 0.271 e. The van der Waals surface area contributed by atoms with E-state index in [2.05, 4.69) is 26.5 Å². The summed E-state index contributed by atoms with van der Waals surface area (Å²) < 4.78 is 7.15. The number of halogens is 3. The fourth-order valence-electron chi connectivity index (χ4n) is 1.98. The molecule has 0 spiro atoms. The molecule has 2 aromatic carbocycles. The molecule has 0 unspecified atom stereocenters. The van der Waals surface area contributed by atoms with Crippen molar-refractivity contribution in [3.63, 3.8) is 0 Å². The van der Waals surface area contributed by atoms with Gasteiger partial charge in [0, 0.05) is 21.5 Å². The highest BCUT2D eigenvalue weighted by Crippen LogP contribution is 2.35. The number of furan rings is 1. The molecule has 27 heavy (non-hydrogen) atoms. The van der Waals surface area contributed by atoms with Gasteiger partial charge >= 0.3 is 0 Å². The number of phenolic OH excluding ortho intramolecular Hbond substituents is 1. The lowest BCUT2D eigenvalue weighted by molar-refractivity contribution is 0.0954. The molecule has 0 aliphatic heterocycles. The summed E-state index contributed by atoms with van der Waals surface area (Å²) in [6.45, 7) is 0. The van der Waals surface area contributed by atoms with Crippen molar-refractivity contribution in [2.45, 2.75) is 9.99 Å². The summed E-state index contributed by atoms with van der Waals surface area (Å²) in [6, 6.07) is 13.8. The second-order valence-electron chi connectivity index (χ2n) is 5.21. The maximum atomic E-state index is 12.0. The first-order valence-corrected chi connectivity index (χ1v) is 10.5. The Morgan fingerprint density at radius 2 is 2.00 bits per heavy atom. The van der Waals surface area contributed by atoms with Crippen molar-refractivity contribution in [2.24, 2.45) is 5.10 Å². The third-order valence-corrected chi connectivity index (χ3v) is 6.28. The Morgan fingerprint density at radius 1 is 1.26 bits per heavy atom. The maximum absolute atomic E-state index is 12.0. The molecular weight excluding hydrogens is 567 g/mol. The van der Waals surface area contributed by atoms with Crippen LogP contribution < -0.4 is 5.43 Å². The fraction of sp³-hybridized carbons (Fsp3) is 0. The summed E-state index contributed by atoms with van der Waals surface area (Å²) in [6.07, 6.45) is 1.40. The number of hydrogen-bond donors (Lipinski definition) is 2. The van der Waals surface area contributed by atoms with Crippen LogP contribution >= 0.6 is 61.9 Å². The summed E-state index contributed by atoms with van der Waals surface area (Å²) in [5, 5.41) is 14.9. The monoisotopic (exact) mass is 576 g/mol. The van der Waals surface area contributed by atoms with Gasteiger partial charge in [-0.05, 0) is 81.0 Å². The van der Waals surface area contributed by atoms with Crippen molar-refractivity contribution in [3.8, 4) is 5.75 Å². The van der Waals surface area contributed by atoms with Gasteiger partial charge in [0.05, 0.1) is 14.3 Å². The molecule has 1 heterocycles. The first-order chi connectivity index (χ1) is 12.9. The average molecular weight is 578 g/mol. The Balaban J connectivity index is 1.64. The van der Waals surface area contributed by atoms with Gasteiger partial charge in [-0.15, -0.1) is 0 Å². The number of nitrogens with one attached hydrogen (secondary N) is 1. The molecule has 0 bridgehead atoms. The Hall–Kier alpha value is -1.49. The van der Waals surface area contributed by atoms with E-state index in [9.17, 15) is 9.90 Å². The second-order valence-corrected chi connectivity index (χ2v) is 8.70. The Labute approximate surface area is 186 Å². The van der Waals surface area contributed by atoms with Crippen LogP contribution in [0.4, 0.5) is 0 Å². The van der Waals surface area contributed by atoms with Crippen molar-refractivity contribution in [3.05, 3.63) is 72.9 Å². The zero-order valence-electron chi connectivity index (χ0n) is 13.4. The molecule has 5 nitrogen and oxygen atoms in total. The molecule has 0 atom stereocenters. The van der Waals surface area contributed by atoms with Gasteiger partial charge in [0.2, 0.25) is 0 Å². The minimum atomic E-state index is -0.431. The van der Waals surface area contributed by atoms with E-state index in [1.165, 1.54) is 24.0 Å². The van der Waals surface area contributed by atoms with E-state index in [1.807, 2.05) is 34.7 Å². The van der Waals surface area contributed by atoms with Gasteiger partial charge in [0.25, 0.3) is 5.91 Å². The van der Waals surface area contributed by atoms with Crippen LogP contribution in [-0.2, 0) is 0 Å². The van der Waals surface area contributed by atoms with Gasteiger partial charge in [-0.3, -0.25) is 4.79 Å². The van der Waals surface area contributed by atoms with E-state index in [4.69, 9.17) is 16.0 Å². The quantitative estimate of drug-likeness (QED) is 0.224. The standard InChI is InChI=1S/C18H11BrClIN2O3S/c19-14-8-12(26-18(14)27-13-4-2-11(20)3-5-13)9-22-23-17(25)10-1-6-15(21)16(24)7-10/h1-9,24H,(H,23,25)/b22-9+. The highest BCUT2D eigenvalue weighted by atomic mass is 127. The third kappa shape index (κ3) is 5.50. The van der Waals surface area contributed by atoms with Gasteiger partial charge in [-0.25, -0.2) is 5.43 Å². The van der Waals surface area contributed by atoms with Crippen LogP contribution in [0.15, 0.2) is 72.5 Å². The van der Waals surface area contributed by atoms with Crippen molar-refractivity contribution in [1.82, 2.24) is 5.43 Å². The second kappa shape index (κ2) is 9.13. The number of benzene rings is 2. The Morgan fingerprint density at radius 3 is 2.70 bits per heavy atom. The van der Waals surface area contributed by atoms with Crippen LogP contribution in [-0.4, -0.2) is 17.2 Å². The fourth-order valence-corrected chi connectivity index (χ4v) is 3.78. The van der Waals surface area contributed by atoms with Crippen LogP contribution in [0, 0.1) is 3.57 Å². The van der Waals surface area contributed by atoms with E-state index in [0.717, 1.165) is 9.37 Å². The van der Waals surface area contributed by atoms with E-state index >= 15 is 0 Å². The summed E-state index contributed by atoms with van der Waals surface area (Å²) in [5.74, 6) is 0.0921. The summed E-state index contributed by atoms with van der Waals surface area (Å²) in [5.41, 5.74) is 2.71. The number of carbonyl (C=O) groups is 1. The van der Waals surface area contributed by atoms with Gasteiger partial charge < -0.3 is 9.52 Å². The number of hydrazone groups is 1.